The van der Waals surface area contributed by atoms with Gasteiger partial charge in [-0.3, -0.25) is 4.21 Å². The summed E-state index contributed by atoms with van der Waals surface area (Å²) in [6.07, 6.45) is 3.75. The monoisotopic (exact) mass is 468 g/mol. The largest absolute Gasteiger partial charge is 0.497 e. The highest BCUT2D eigenvalue weighted by atomic mass is 32.2. The number of rotatable bonds is 10. The number of nitrogens with zero attached hydrogens (tertiary/aromatic N) is 2. The predicted octanol–water partition coefficient (Wildman–Crippen LogP) is 5.42. The fraction of sp³-hybridized carbons (Fsp3) is 0.360. The van der Waals surface area contributed by atoms with Crippen LogP contribution in [0.1, 0.15) is 43.4 Å². The van der Waals surface area contributed by atoms with Gasteiger partial charge in [-0.15, -0.1) is 0 Å². The van der Waals surface area contributed by atoms with Crippen LogP contribution in [0, 0.1) is 5.82 Å². The molecule has 2 N–H and O–H groups in total. The van der Waals surface area contributed by atoms with Gasteiger partial charge in [0.05, 0.1) is 23.6 Å². The number of aromatic nitrogens is 2. The molecule has 0 radical (unpaired) electrons. The highest BCUT2D eigenvalue weighted by Crippen LogP contribution is 2.31. The van der Waals surface area contributed by atoms with E-state index < -0.39 is 10.8 Å². The summed E-state index contributed by atoms with van der Waals surface area (Å²) in [4.78, 5) is 9.83. The fourth-order valence-corrected chi connectivity index (χ4v) is 5.43. The molecule has 1 aliphatic heterocycles. The van der Waals surface area contributed by atoms with Crippen molar-refractivity contribution in [1.82, 2.24) is 9.97 Å². The summed E-state index contributed by atoms with van der Waals surface area (Å²) in [5.74, 6) is 2.43. The molecule has 33 heavy (non-hydrogen) atoms. The topological polar surface area (TPSA) is 76.1 Å². The summed E-state index contributed by atoms with van der Waals surface area (Å²) in [7, 11) is 0.513. The minimum absolute atomic E-state index is 0.342. The molecule has 2 aromatic carbocycles. The van der Waals surface area contributed by atoms with Gasteiger partial charge < -0.3 is 15.4 Å². The first-order valence-corrected chi connectivity index (χ1v) is 12.6. The van der Waals surface area contributed by atoms with E-state index in [0.29, 0.717) is 47.0 Å². The molecule has 2 atom stereocenters. The van der Waals surface area contributed by atoms with Crippen molar-refractivity contribution >= 4 is 28.3 Å². The molecular weight excluding hydrogens is 439 g/mol. The molecule has 0 amide bonds. The number of hydrogen-bond acceptors (Lipinski definition) is 6. The lowest BCUT2D eigenvalue weighted by atomic mass is 9.91. The number of anilines is 3. The van der Waals surface area contributed by atoms with Crippen LogP contribution >= 0.6 is 0 Å². The molecule has 8 heteroatoms. The van der Waals surface area contributed by atoms with Crippen LogP contribution in [-0.4, -0.2) is 33.6 Å². The van der Waals surface area contributed by atoms with Gasteiger partial charge in [-0.1, -0.05) is 31.5 Å². The molecule has 3 aromatic rings. The lowest BCUT2D eigenvalue weighted by Gasteiger charge is -2.18. The smallest absolute Gasteiger partial charge is 0.224 e. The highest BCUT2D eigenvalue weighted by Gasteiger charge is 2.26. The number of nitrogens with one attached hydrogen (secondary N) is 2. The first kappa shape index (κ1) is 23.2. The van der Waals surface area contributed by atoms with Gasteiger partial charge in [-0.25, -0.2) is 9.37 Å². The Labute approximate surface area is 196 Å². The molecule has 0 aliphatic carbocycles. The molecule has 2 heterocycles. The predicted molar refractivity (Wildman–Crippen MR) is 130 cm³/mol. The summed E-state index contributed by atoms with van der Waals surface area (Å²) in [6, 6.07) is 14.4. The third kappa shape index (κ3) is 5.68. The number of hydrogen-bond donors (Lipinski definition) is 2. The van der Waals surface area contributed by atoms with Gasteiger partial charge in [0.1, 0.15) is 16.5 Å². The molecule has 0 saturated heterocycles. The van der Waals surface area contributed by atoms with Crippen LogP contribution in [0.5, 0.6) is 5.75 Å². The zero-order valence-corrected chi connectivity index (χ0v) is 19.8. The van der Waals surface area contributed by atoms with Crippen LogP contribution in [-0.2, 0) is 17.2 Å². The van der Waals surface area contributed by atoms with Gasteiger partial charge in [0.15, 0.2) is 5.82 Å². The van der Waals surface area contributed by atoms with E-state index in [0.717, 1.165) is 30.7 Å². The van der Waals surface area contributed by atoms with E-state index in [1.165, 1.54) is 17.7 Å². The zero-order valence-electron chi connectivity index (χ0n) is 18.9. The van der Waals surface area contributed by atoms with Crippen LogP contribution in [0.25, 0.3) is 0 Å². The number of benzene rings is 2. The van der Waals surface area contributed by atoms with E-state index in [1.54, 1.807) is 19.2 Å². The van der Waals surface area contributed by atoms with E-state index >= 15 is 0 Å². The SMILES string of the molecule is CCCC(CCNc1nc2c(c(Nc3cccc(F)c3)n1)S(=O)CC2)c1ccc(OC)cc1. The number of methoxy groups -OCH3 is 1. The number of fused-ring (bicyclic) bond motifs is 1. The standard InChI is InChI=1S/C25H29FN4O2S/c1-3-5-17(18-8-10-21(32-2)11-9-18)12-14-27-25-29-22-13-15-33(31)23(22)24(30-25)28-20-7-4-6-19(26)16-20/h4,6-11,16-17H,3,5,12-15H2,1-2H3,(H2,27,28,29,30). The first-order valence-electron chi connectivity index (χ1n) is 11.3. The van der Waals surface area contributed by atoms with Crippen LogP contribution in [0.3, 0.4) is 0 Å². The second-order valence-corrected chi connectivity index (χ2v) is 9.59. The van der Waals surface area contributed by atoms with Crippen LogP contribution in [0.2, 0.25) is 0 Å². The molecular formula is C25H29FN4O2S. The van der Waals surface area contributed by atoms with Gasteiger partial charge in [0, 0.05) is 24.4 Å². The van der Waals surface area contributed by atoms with Gasteiger partial charge in [-0.2, -0.15) is 4.98 Å². The molecule has 4 rings (SSSR count). The average Bonchev–Trinajstić information content (AvgIpc) is 3.19. The van der Waals surface area contributed by atoms with Crippen molar-refractivity contribution < 1.29 is 13.3 Å². The first-order chi connectivity index (χ1) is 16.1. The second kappa shape index (κ2) is 10.7. The third-order valence-electron chi connectivity index (χ3n) is 5.78. The Morgan fingerprint density at radius 1 is 1.15 bits per heavy atom. The Bertz CT molecular complexity index is 1120. The van der Waals surface area contributed by atoms with Crippen molar-refractivity contribution in [1.29, 1.82) is 0 Å². The zero-order chi connectivity index (χ0) is 23.2. The molecule has 0 saturated carbocycles. The van der Waals surface area contributed by atoms with Crippen molar-refractivity contribution in [3.63, 3.8) is 0 Å². The maximum Gasteiger partial charge on any atom is 0.224 e. The molecule has 2 unspecified atom stereocenters. The lowest BCUT2D eigenvalue weighted by molar-refractivity contribution is 0.414. The molecule has 174 valence electrons. The molecule has 6 nitrogen and oxygen atoms in total. The normalized spacial score (nSPS) is 15.7. The Hall–Kier alpha value is -3.00. The highest BCUT2D eigenvalue weighted by molar-refractivity contribution is 7.85. The fourth-order valence-electron chi connectivity index (χ4n) is 4.12. The van der Waals surface area contributed by atoms with Crippen molar-refractivity contribution in [2.45, 2.75) is 43.4 Å². The summed E-state index contributed by atoms with van der Waals surface area (Å²) in [5.41, 5.74) is 2.64. The van der Waals surface area contributed by atoms with E-state index in [-0.39, 0.29) is 5.82 Å². The Kier molecular flexibility index (Phi) is 7.54. The van der Waals surface area contributed by atoms with Crippen molar-refractivity contribution in [3.05, 3.63) is 65.6 Å². The van der Waals surface area contributed by atoms with E-state index in [1.807, 2.05) is 12.1 Å². The summed E-state index contributed by atoms with van der Waals surface area (Å²) in [5, 5.41) is 6.48. The van der Waals surface area contributed by atoms with Crippen molar-refractivity contribution in [2.24, 2.45) is 0 Å². The number of aryl methyl sites for hydroxylation is 1. The van der Waals surface area contributed by atoms with Gasteiger partial charge in [0.2, 0.25) is 5.95 Å². The summed E-state index contributed by atoms with van der Waals surface area (Å²) < 4.78 is 31.4. The van der Waals surface area contributed by atoms with Crippen LogP contribution in [0.4, 0.5) is 21.8 Å². The van der Waals surface area contributed by atoms with E-state index in [4.69, 9.17) is 4.74 Å². The maximum absolute atomic E-state index is 13.6. The second-order valence-electron chi connectivity index (χ2n) is 8.08. The Morgan fingerprint density at radius 3 is 2.70 bits per heavy atom. The summed E-state index contributed by atoms with van der Waals surface area (Å²) >= 11 is 0. The van der Waals surface area contributed by atoms with Gasteiger partial charge >= 0.3 is 0 Å². The maximum atomic E-state index is 13.6. The molecule has 1 aliphatic rings. The van der Waals surface area contributed by atoms with E-state index in [9.17, 15) is 8.60 Å². The molecule has 0 bridgehead atoms. The number of halogens is 1. The van der Waals surface area contributed by atoms with Gasteiger partial charge in [-0.05, 0) is 54.7 Å². The van der Waals surface area contributed by atoms with E-state index in [2.05, 4.69) is 39.7 Å². The Morgan fingerprint density at radius 2 is 1.97 bits per heavy atom. The van der Waals surface area contributed by atoms with Gasteiger partial charge in [0.25, 0.3) is 0 Å². The van der Waals surface area contributed by atoms with Crippen molar-refractivity contribution in [3.8, 4) is 5.75 Å². The number of ether oxygens (including phenoxy) is 1. The van der Waals surface area contributed by atoms with Crippen LogP contribution < -0.4 is 15.4 Å². The quantitative estimate of drug-likeness (QED) is 0.414. The van der Waals surface area contributed by atoms with Crippen LogP contribution in [0.15, 0.2) is 53.4 Å². The summed E-state index contributed by atoms with van der Waals surface area (Å²) in [6.45, 7) is 2.90. The molecule has 0 spiro atoms. The molecule has 1 aromatic heterocycles. The molecule has 0 fully saturated rings. The lowest BCUT2D eigenvalue weighted by Crippen LogP contribution is -2.12. The minimum Gasteiger partial charge on any atom is -0.497 e. The average molecular weight is 469 g/mol. The minimum atomic E-state index is -1.16. The Balaban J connectivity index is 1.48. The van der Waals surface area contributed by atoms with Crippen molar-refractivity contribution in [2.75, 3.05) is 30.0 Å². The third-order valence-corrected chi connectivity index (χ3v) is 7.23.